The molecule has 0 atom stereocenters. The largest absolute Gasteiger partial charge is 0.491 e. The molecular weight excluding hydrogens is 528 g/mol. The van der Waals surface area contributed by atoms with Gasteiger partial charge in [0.1, 0.15) is 0 Å². The van der Waals surface area contributed by atoms with Crippen molar-refractivity contribution in [2.24, 2.45) is 0 Å². The Morgan fingerprint density at radius 1 is 0.579 bits per heavy atom. The molecule has 0 heterocycles. The molecule has 38 heavy (non-hydrogen) atoms. The van der Waals surface area contributed by atoms with Gasteiger partial charge < -0.3 is 18.9 Å². The Kier molecular flexibility index (Phi) is 9.29. The van der Waals surface area contributed by atoms with E-state index in [1.165, 1.54) is 6.92 Å². The number of unbranched alkanes of at least 4 members (excludes halogenated alkanes) is 1. The van der Waals surface area contributed by atoms with Crippen molar-refractivity contribution in [1.82, 2.24) is 0 Å². The van der Waals surface area contributed by atoms with Crippen molar-refractivity contribution >= 4 is 0 Å². The zero-order valence-corrected chi connectivity index (χ0v) is 20.2. The standard InChI is InChI=1S/C26H22F8O4/c1-3-5-12-36-17-8-6-14(20(27)22(17)29)15-7-9-19(25(32)21(15)28)38-26(33,34)13-37-18-11-10-16(35-4-2)23(30)24(18)31/h6-11H,3-5,12-13H2,1-2H3. The first-order valence-corrected chi connectivity index (χ1v) is 11.4. The maximum absolute atomic E-state index is 14.7. The molecule has 0 aromatic heterocycles. The highest BCUT2D eigenvalue weighted by Gasteiger charge is 2.36. The number of hydrogen-bond donors (Lipinski definition) is 0. The van der Waals surface area contributed by atoms with Crippen molar-refractivity contribution in [2.75, 3.05) is 19.8 Å². The summed E-state index contributed by atoms with van der Waals surface area (Å²) in [5.74, 6) is -12.9. The van der Waals surface area contributed by atoms with Crippen LogP contribution >= 0.6 is 0 Å². The Bertz CT molecular complexity index is 1280. The zero-order valence-electron chi connectivity index (χ0n) is 20.2. The molecule has 0 radical (unpaired) electrons. The predicted octanol–water partition coefficient (Wildman–Crippen LogP) is 7.82. The van der Waals surface area contributed by atoms with E-state index in [1.54, 1.807) is 0 Å². The minimum absolute atomic E-state index is 0.0176. The van der Waals surface area contributed by atoms with E-state index < -0.39 is 81.7 Å². The van der Waals surface area contributed by atoms with E-state index in [0.717, 1.165) is 30.7 Å². The normalized spacial score (nSPS) is 11.4. The van der Waals surface area contributed by atoms with E-state index in [-0.39, 0.29) is 13.2 Å². The number of halogens is 8. The van der Waals surface area contributed by atoms with E-state index in [2.05, 4.69) is 9.47 Å². The van der Waals surface area contributed by atoms with E-state index >= 15 is 0 Å². The maximum atomic E-state index is 14.7. The molecule has 0 aliphatic heterocycles. The molecule has 0 bridgehead atoms. The number of rotatable bonds is 12. The van der Waals surface area contributed by atoms with Gasteiger partial charge in [-0.05, 0) is 49.7 Å². The first-order valence-electron chi connectivity index (χ1n) is 11.4. The van der Waals surface area contributed by atoms with Crippen molar-refractivity contribution in [3.05, 3.63) is 71.3 Å². The molecule has 0 saturated carbocycles. The molecular formula is C26H22F8O4. The lowest BCUT2D eigenvalue weighted by Crippen LogP contribution is -2.33. The van der Waals surface area contributed by atoms with Crippen LogP contribution in [0.15, 0.2) is 36.4 Å². The second-order valence-corrected chi connectivity index (χ2v) is 7.83. The van der Waals surface area contributed by atoms with Crippen LogP contribution in [0, 0.1) is 34.9 Å². The smallest absolute Gasteiger partial charge is 0.433 e. The fourth-order valence-corrected chi connectivity index (χ4v) is 3.24. The Morgan fingerprint density at radius 2 is 1.03 bits per heavy atom. The lowest BCUT2D eigenvalue weighted by molar-refractivity contribution is -0.197. The summed E-state index contributed by atoms with van der Waals surface area (Å²) in [6, 6.07) is 5.05. The third-order valence-electron chi connectivity index (χ3n) is 5.11. The highest BCUT2D eigenvalue weighted by atomic mass is 19.3. The van der Waals surface area contributed by atoms with Gasteiger partial charge in [0, 0.05) is 11.1 Å². The molecule has 3 aromatic rings. The lowest BCUT2D eigenvalue weighted by Gasteiger charge is -2.20. The lowest BCUT2D eigenvalue weighted by atomic mass is 10.0. The highest BCUT2D eigenvalue weighted by molar-refractivity contribution is 5.67. The molecule has 0 fully saturated rings. The minimum atomic E-state index is -4.34. The fraction of sp³-hybridized carbons (Fsp3) is 0.308. The van der Waals surface area contributed by atoms with Gasteiger partial charge in [-0.25, -0.2) is 8.78 Å². The fourth-order valence-electron chi connectivity index (χ4n) is 3.24. The van der Waals surface area contributed by atoms with Crippen LogP contribution in [0.25, 0.3) is 11.1 Å². The number of ether oxygens (including phenoxy) is 4. The Hall–Kier alpha value is -3.70. The summed E-state index contributed by atoms with van der Waals surface area (Å²) >= 11 is 0. The molecule has 0 saturated heterocycles. The van der Waals surface area contributed by atoms with Crippen LogP contribution in [0.3, 0.4) is 0 Å². The third kappa shape index (κ3) is 6.40. The van der Waals surface area contributed by atoms with Crippen LogP contribution in [0.1, 0.15) is 26.7 Å². The molecule has 3 rings (SSSR count). The molecule has 4 nitrogen and oxygen atoms in total. The predicted molar refractivity (Wildman–Crippen MR) is 121 cm³/mol. The number of hydrogen-bond acceptors (Lipinski definition) is 4. The molecule has 0 unspecified atom stereocenters. The monoisotopic (exact) mass is 550 g/mol. The summed E-state index contributed by atoms with van der Waals surface area (Å²) in [7, 11) is 0. The van der Waals surface area contributed by atoms with Crippen LogP contribution in [0.5, 0.6) is 23.0 Å². The topological polar surface area (TPSA) is 36.9 Å². The Balaban J connectivity index is 1.77. The van der Waals surface area contributed by atoms with E-state index in [1.807, 2.05) is 6.92 Å². The summed E-state index contributed by atoms with van der Waals surface area (Å²) in [6.07, 6.45) is -3.03. The first kappa shape index (κ1) is 28.9. The van der Waals surface area contributed by atoms with E-state index in [9.17, 15) is 35.1 Å². The molecule has 3 aromatic carbocycles. The summed E-state index contributed by atoms with van der Waals surface area (Å²) in [4.78, 5) is 0. The van der Waals surface area contributed by atoms with Crippen LogP contribution in [0.2, 0.25) is 0 Å². The summed E-state index contributed by atoms with van der Waals surface area (Å²) < 4.78 is 133. The van der Waals surface area contributed by atoms with Gasteiger partial charge >= 0.3 is 6.11 Å². The Labute approximate surface area is 212 Å². The minimum Gasteiger partial charge on any atom is -0.491 e. The summed E-state index contributed by atoms with van der Waals surface area (Å²) in [5.41, 5.74) is -1.45. The molecule has 0 N–H and O–H groups in total. The SMILES string of the molecule is CCCCOc1ccc(-c2ccc(OC(F)(F)COc3ccc(OCC)c(F)c3F)c(F)c2F)c(F)c1F. The zero-order chi connectivity index (χ0) is 28.0. The van der Waals surface area contributed by atoms with Gasteiger partial charge in [-0.2, -0.15) is 26.3 Å². The van der Waals surface area contributed by atoms with Gasteiger partial charge in [0.25, 0.3) is 0 Å². The van der Waals surface area contributed by atoms with Gasteiger partial charge in [-0.3, -0.25) is 0 Å². The quantitative estimate of drug-likeness (QED) is 0.170. The average molecular weight is 550 g/mol. The molecule has 0 aliphatic carbocycles. The van der Waals surface area contributed by atoms with E-state index in [4.69, 9.17) is 9.47 Å². The van der Waals surface area contributed by atoms with Crippen molar-refractivity contribution in [1.29, 1.82) is 0 Å². The first-order chi connectivity index (χ1) is 18.0. The maximum Gasteiger partial charge on any atom is 0.433 e. The van der Waals surface area contributed by atoms with Gasteiger partial charge in [-0.15, -0.1) is 0 Å². The van der Waals surface area contributed by atoms with Gasteiger partial charge in [0.05, 0.1) is 13.2 Å². The summed E-state index contributed by atoms with van der Waals surface area (Å²) in [5, 5.41) is 0. The van der Waals surface area contributed by atoms with Crippen molar-refractivity contribution < 1.29 is 54.1 Å². The second-order valence-electron chi connectivity index (χ2n) is 7.83. The molecule has 12 heteroatoms. The van der Waals surface area contributed by atoms with Gasteiger partial charge in [0.2, 0.25) is 23.3 Å². The van der Waals surface area contributed by atoms with Crippen LogP contribution in [-0.2, 0) is 0 Å². The number of benzene rings is 3. The molecule has 206 valence electrons. The Morgan fingerprint density at radius 3 is 1.58 bits per heavy atom. The van der Waals surface area contributed by atoms with Crippen molar-refractivity contribution in [3.8, 4) is 34.1 Å². The third-order valence-corrected chi connectivity index (χ3v) is 5.11. The molecule has 0 amide bonds. The average Bonchev–Trinajstić information content (AvgIpc) is 2.88. The van der Waals surface area contributed by atoms with Crippen LogP contribution in [0.4, 0.5) is 35.1 Å². The molecule has 0 aliphatic rings. The van der Waals surface area contributed by atoms with Gasteiger partial charge in [0.15, 0.2) is 41.2 Å². The van der Waals surface area contributed by atoms with E-state index in [0.29, 0.717) is 18.6 Å². The molecule has 0 spiro atoms. The second kappa shape index (κ2) is 12.2. The summed E-state index contributed by atoms with van der Waals surface area (Å²) in [6.45, 7) is 1.80. The van der Waals surface area contributed by atoms with Crippen LogP contribution in [-0.4, -0.2) is 25.9 Å². The van der Waals surface area contributed by atoms with Gasteiger partial charge in [-0.1, -0.05) is 13.3 Å². The highest BCUT2D eigenvalue weighted by Crippen LogP contribution is 2.36. The van der Waals surface area contributed by atoms with Crippen molar-refractivity contribution in [3.63, 3.8) is 0 Å². The number of alkyl halides is 2. The van der Waals surface area contributed by atoms with Crippen molar-refractivity contribution in [2.45, 2.75) is 32.8 Å². The van der Waals surface area contributed by atoms with Crippen LogP contribution < -0.4 is 18.9 Å².